The molecule has 0 unspecified atom stereocenters. The van der Waals surface area contributed by atoms with Crippen LogP contribution in [0.2, 0.25) is 0 Å². The van der Waals surface area contributed by atoms with Crippen LogP contribution >= 0.6 is 12.2 Å². The predicted molar refractivity (Wildman–Crippen MR) is 40.0 cm³/mol. The van der Waals surface area contributed by atoms with Gasteiger partial charge >= 0.3 is 0 Å². The predicted octanol–water partition coefficient (Wildman–Crippen LogP) is 1.65. The van der Waals surface area contributed by atoms with E-state index in [1.165, 1.54) is 5.69 Å². The van der Waals surface area contributed by atoms with Crippen LogP contribution in [-0.4, -0.2) is 9.78 Å². The quantitative estimate of drug-likeness (QED) is 0.591. The van der Waals surface area contributed by atoms with Crippen LogP contribution in [0.15, 0.2) is 6.07 Å². The molecule has 2 nitrogen and oxygen atoms in total. The number of hydrogen-bond donors (Lipinski definition) is 1. The molecule has 0 radical (unpaired) electrons. The molecule has 0 spiro atoms. The van der Waals surface area contributed by atoms with Gasteiger partial charge in [0.1, 0.15) is 4.64 Å². The van der Waals surface area contributed by atoms with E-state index in [0.29, 0.717) is 0 Å². The highest BCUT2D eigenvalue weighted by molar-refractivity contribution is 7.71. The molecule has 1 N–H and O–H groups in total. The topological polar surface area (TPSA) is 20.7 Å². The van der Waals surface area contributed by atoms with Gasteiger partial charge in [-0.25, -0.2) is 0 Å². The third-order valence-electron chi connectivity index (χ3n) is 1.37. The van der Waals surface area contributed by atoms with E-state index < -0.39 is 0 Å². The van der Waals surface area contributed by atoms with Crippen molar-refractivity contribution in [2.24, 2.45) is 7.05 Å². The summed E-state index contributed by atoms with van der Waals surface area (Å²) in [6, 6.07) is 1.98. The number of aryl methyl sites for hydroxylation is 2. The lowest BCUT2D eigenvalue weighted by Gasteiger charge is -1.94. The highest BCUT2D eigenvalue weighted by atomic mass is 32.1. The average molecular weight is 142 g/mol. The summed E-state index contributed by atoms with van der Waals surface area (Å²) in [6.07, 6.45) is 1.03. The summed E-state index contributed by atoms with van der Waals surface area (Å²) in [5, 5.41) is 2.99. The second kappa shape index (κ2) is 2.35. The van der Waals surface area contributed by atoms with Crippen molar-refractivity contribution in [2.75, 3.05) is 0 Å². The van der Waals surface area contributed by atoms with Crippen molar-refractivity contribution in [2.45, 2.75) is 13.3 Å². The summed E-state index contributed by atoms with van der Waals surface area (Å²) in [5.74, 6) is 0. The Kier molecular flexibility index (Phi) is 1.71. The Morgan fingerprint density at radius 3 is 2.67 bits per heavy atom. The first-order valence-electron chi connectivity index (χ1n) is 2.99. The van der Waals surface area contributed by atoms with Gasteiger partial charge in [-0.05, 0) is 12.5 Å². The van der Waals surface area contributed by atoms with E-state index in [-0.39, 0.29) is 0 Å². The van der Waals surface area contributed by atoms with Gasteiger partial charge in [-0.15, -0.1) is 0 Å². The first-order valence-corrected chi connectivity index (χ1v) is 3.39. The fourth-order valence-corrected chi connectivity index (χ4v) is 1.13. The molecule has 0 atom stereocenters. The maximum atomic E-state index is 4.91. The summed E-state index contributed by atoms with van der Waals surface area (Å²) in [5.41, 5.74) is 1.25. The number of nitrogens with zero attached hydrogens (tertiary/aromatic N) is 1. The smallest absolute Gasteiger partial charge is 0.119 e. The Morgan fingerprint density at radius 2 is 2.44 bits per heavy atom. The fraction of sp³-hybridized carbons (Fsp3) is 0.500. The highest BCUT2D eigenvalue weighted by Gasteiger charge is 1.92. The van der Waals surface area contributed by atoms with Crippen molar-refractivity contribution >= 4 is 12.2 Å². The van der Waals surface area contributed by atoms with Crippen molar-refractivity contribution in [1.82, 2.24) is 9.78 Å². The molecule has 0 amide bonds. The Balaban J connectivity index is 3.16. The monoisotopic (exact) mass is 142 g/mol. The Morgan fingerprint density at radius 1 is 1.78 bits per heavy atom. The van der Waals surface area contributed by atoms with Crippen LogP contribution in [0, 0.1) is 4.64 Å². The maximum Gasteiger partial charge on any atom is 0.119 e. The number of hydrogen-bond acceptors (Lipinski definition) is 1. The minimum atomic E-state index is 0.814. The normalized spacial score (nSPS) is 10.0. The molecule has 0 fully saturated rings. The molecule has 0 aliphatic carbocycles. The third-order valence-corrected chi connectivity index (χ3v) is 1.58. The van der Waals surface area contributed by atoms with E-state index in [1.54, 1.807) is 0 Å². The van der Waals surface area contributed by atoms with Crippen LogP contribution < -0.4 is 0 Å². The lowest BCUT2D eigenvalue weighted by molar-refractivity contribution is 0.715. The molecule has 0 aliphatic heterocycles. The van der Waals surface area contributed by atoms with Crippen LogP contribution in [0.5, 0.6) is 0 Å². The zero-order chi connectivity index (χ0) is 6.85. The molecule has 0 saturated carbocycles. The molecule has 50 valence electrons. The number of aromatic amines is 1. The van der Waals surface area contributed by atoms with E-state index in [2.05, 4.69) is 12.0 Å². The molecular formula is C6H10N2S. The van der Waals surface area contributed by atoms with Gasteiger partial charge in [0.25, 0.3) is 0 Å². The van der Waals surface area contributed by atoms with Gasteiger partial charge in [0.05, 0.1) is 0 Å². The summed E-state index contributed by atoms with van der Waals surface area (Å²) < 4.78 is 2.76. The molecule has 1 aromatic rings. The van der Waals surface area contributed by atoms with Crippen LogP contribution in [0.1, 0.15) is 12.6 Å². The maximum absolute atomic E-state index is 4.91. The minimum Gasteiger partial charge on any atom is -0.294 e. The van der Waals surface area contributed by atoms with E-state index in [0.717, 1.165) is 11.1 Å². The summed E-state index contributed by atoms with van der Waals surface area (Å²) in [4.78, 5) is 0. The van der Waals surface area contributed by atoms with Crippen molar-refractivity contribution in [3.63, 3.8) is 0 Å². The first-order chi connectivity index (χ1) is 4.24. The summed E-state index contributed by atoms with van der Waals surface area (Å²) in [6.45, 7) is 2.11. The number of H-pyrrole nitrogens is 1. The summed E-state index contributed by atoms with van der Waals surface area (Å²) >= 11 is 4.91. The van der Waals surface area contributed by atoms with Crippen LogP contribution in [0.4, 0.5) is 0 Å². The number of nitrogens with one attached hydrogen (secondary N) is 1. The molecule has 0 saturated heterocycles. The number of aromatic nitrogens is 2. The van der Waals surface area contributed by atoms with Gasteiger partial charge in [0.2, 0.25) is 0 Å². The van der Waals surface area contributed by atoms with Crippen molar-refractivity contribution in [3.8, 4) is 0 Å². The van der Waals surface area contributed by atoms with Gasteiger partial charge in [0.15, 0.2) is 0 Å². The molecule has 0 bridgehead atoms. The Labute approximate surface area is 59.5 Å². The van der Waals surface area contributed by atoms with Gasteiger partial charge in [-0.2, -0.15) is 0 Å². The van der Waals surface area contributed by atoms with E-state index in [4.69, 9.17) is 12.2 Å². The third kappa shape index (κ3) is 1.21. The number of rotatable bonds is 1. The Hall–Kier alpha value is -0.570. The lowest BCUT2D eigenvalue weighted by Crippen LogP contribution is -1.95. The molecule has 1 rings (SSSR count). The van der Waals surface area contributed by atoms with Crippen molar-refractivity contribution in [3.05, 3.63) is 16.4 Å². The molecule has 0 aliphatic rings. The van der Waals surface area contributed by atoms with E-state index >= 15 is 0 Å². The highest BCUT2D eigenvalue weighted by Crippen LogP contribution is 1.97. The zero-order valence-corrected chi connectivity index (χ0v) is 6.46. The lowest BCUT2D eigenvalue weighted by atomic mass is 10.3. The van der Waals surface area contributed by atoms with Crippen molar-refractivity contribution in [1.29, 1.82) is 0 Å². The molecule has 0 aromatic carbocycles. The molecule has 9 heavy (non-hydrogen) atoms. The fourth-order valence-electron chi connectivity index (χ4n) is 0.857. The standard InChI is InChI=1S/C6H10N2S/c1-3-5-4-6(9)7-8(5)2/h4H,3H2,1-2H3,(H,7,9). The minimum absolute atomic E-state index is 0.814. The van der Waals surface area contributed by atoms with E-state index in [1.807, 2.05) is 17.8 Å². The first kappa shape index (κ1) is 6.55. The molecule has 1 aromatic heterocycles. The Bertz CT molecular complexity index is 246. The zero-order valence-electron chi connectivity index (χ0n) is 5.64. The van der Waals surface area contributed by atoms with Crippen LogP contribution in [0.25, 0.3) is 0 Å². The largest absolute Gasteiger partial charge is 0.294 e. The molecule has 3 heteroatoms. The van der Waals surface area contributed by atoms with Gasteiger partial charge in [0, 0.05) is 12.7 Å². The average Bonchev–Trinajstić information content (AvgIpc) is 2.10. The second-order valence-electron chi connectivity index (χ2n) is 2.02. The molecular weight excluding hydrogens is 132 g/mol. The van der Waals surface area contributed by atoms with Gasteiger partial charge < -0.3 is 0 Å². The van der Waals surface area contributed by atoms with Gasteiger partial charge in [-0.1, -0.05) is 19.1 Å². The van der Waals surface area contributed by atoms with Crippen LogP contribution in [0.3, 0.4) is 0 Å². The van der Waals surface area contributed by atoms with Crippen LogP contribution in [-0.2, 0) is 13.5 Å². The van der Waals surface area contributed by atoms with E-state index in [9.17, 15) is 0 Å². The second-order valence-corrected chi connectivity index (χ2v) is 2.46. The van der Waals surface area contributed by atoms with Crippen molar-refractivity contribution < 1.29 is 0 Å². The molecule has 1 heterocycles. The van der Waals surface area contributed by atoms with Gasteiger partial charge in [-0.3, -0.25) is 9.78 Å². The SMILES string of the molecule is CCc1cc(=S)[nH]n1C. The summed E-state index contributed by atoms with van der Waals surface area (Å²) in [7, 11) is 1.97.